The van der Waals surface area contributed by atoms with Crippen molar-refractivity contribution in [2.45, 2.75) is 6.42 Å². The molecule has 1 amide bonds. The summed E-state index contributed by atoms with van der Waals surface area (Å²) in [7, 11) is 3.80. The quantitative estimate of drug-likeness (QED) is 0.820. The number of aromatic nitrogens is 1. The van der Waals surface area contributed by atoms with Gasteiger partial charge in [-0.3, -0.25) is 9.78 Å². The molecule has 0 radical (unpaired) electrons. The van der Waals surface area contributed by atoms with Crippen LogP contribution in [0.15, 0.2) is 42.7 Å². The van der Waals surface area contributed by atoms with Crippen LogP contribution in [-0.2, 0) is 6.42 Å². The topological polar surface area (TPSA) is 71.2 Å². The molecule has 3 N–H and O–H groups in total. The third kappa shape index (κ3) is 3.95. The van der Waals surface area contributed by atoms with E-state index in [1.165, 1.54) is 0 Å². The van der Waals surface area contributed by atoms with Crippen LogP contribution in [0.5, 0.6) is 0 Å². The summed E-state index contributed by atoms with van der Waals surface area (Å²) >= 11 is 0. The predicted octanol–water partition coefficient (Wildman–Crippen LogP) is 1.70. The number of nitrogens with two attached hydrogens (primary N) is 1. The van der Waals surface area contributed by atoms with E-state index in [9.17, 15) is 4.79 Å². The van der Waals surface area contributed by atoms with Gasteiger partial charge in [0.05, 0.1) is 5.56 Å². The highest BCUT2D eigenvalue weighted by Gasteiger charge is 2.12. The minimum atomic E-state index is -0.111. The van der Waals surface area contributed by atoms with Crippen LogP contribution in [0.2, 0.25) is 0 Å². The molecule has 0 atom stereocenters. The molecular formula is C16H20N4O. The minimum absolute atomic E-state index is 0.111. The first kappa shape index (κ1) is 14.8. The average Bonchev–Trinajstić information content (AvgIpc) is 2.47. The van der Waals surface area contributed by atoms with Crippen LogP contribution >= 0.6 is 0 Å². The Kier molecular flexibility index (Phi) is 4.77. The van der Waals surface area contributed by atoms with Gasteiger partial charge in [-0.25, -0.2) is 0 Å². The second-order valence-electron chi connectivity index (χ2n) is 5.03. The van der Waals surface area contributed by atoms with E-state index >= 15 is 0 Å². The smallest absolute Gasteiger partial charge is 0.253 e. The highest BCUT2D eigenvalue weighted by Crippen LogP contribution is 2.21. The van der Waals surface area contributed by atoms with E-state index in [4.69, 9.17) is 5.73 Å². The van der Waals surface area contributed by atoms with Gasteiger partial charge in [0.2, 0.25) is 0 Å². The van der Waals surface area contributed by atoms with Crippen molar-refractivity contribution < 1.29 is 4.79 Å². The fourth-order valence-corrected chi connectivity index (χ4v) is 2.09. The van der Waals surface area contributed by atoms with E-state index in [2.05, 4.69) is 10.3 Å². The third-order valence-corrected chi connectivity index (χ3v) is 3.20. The molecule has 0 aliphatic carbocycles. The van der Waals surface area contributed by atoms with Gasteiger partial charge in [-0.05, 0) is 42.3 Å². The number of anilines is 2. The Morgan fingerprint density at radius 2 is 1.95 bits per heavy atom. The average molecular weight is 284 g/mol. The molecule has 0 unspecified atom stereocenters. The van der Waals surface area contributed by atoms with Gasteiger partial charge in [-0.2, -0.15) is 0 Å². The lowest BCUT2D eigenvalue weighted by atomic mass is 10.1. The largest absolute Gasteiger partial charge is 0.399 e. The van der Waals surface area contributed by atoms with Gasteiger partial charge >= 0.3 is 0 Å². The number of nitrogens with zero attached hydrogens (tertiary/aromatic N) is 2. The van der Waals surface area contributed by atoms with Crippen LogP contribution in [0.4, 0.5) is 11.4 Å². The van der Waals surface area contributed by atoms with Crippen molar-refractivity contribution in [2.24, 2.45) is 0 Å². The van der Waals surface area contributed by atoms with Gasteiger partial charge in [0.25, 0.3) is 5.91 Å². The maximum atomic E-state index is 12.3. The van der Waals surface area contributed by atoms with E-state index in [1.54, 1.807) is 24.5 Å². The Balaban J connectivity index is 2.02. The first-order valence-corrected chi connectivity index (χ1v) is 6.82. The molecule has 1 aromatic carbocycles. The van der Waals surface area contributed by atoms with Crippen LogP contribution in [0, 0.1) is 0 Å². The first-order valence-electron chi connectivity index (χ1n) is 6.82. The van der Waals surface area contributed by atoms with Gasteiger partial charge in [0.15, 0.2) is 0 Å². The van der Waals surface area contributed by atoms with Crippen LogP contribution in [0.1, 0.15) is 15.9 Å². The maximum absolute atomic E-state index is 12.3. The van der Waals surface area contributed by atoms with Crippen LogP contribution < -0.4 is 16.0 Å². The summed E-state index contributed by atoms with van der Waals surface area (Å²) in [4.78, 5) is 18.2. The number of hydrogen-bond donors (Lipinski definition) is 2. The number of amides is 1. The zero-order valence-corrected chi connectivity index (χ0v) is 12.3. The molecule has 5 nitrogen and oxygen atoms in total. The molecule has 0 aliphatic rings. The van der Waals surface area contributed by atoms with Gasteiger partial charge in [-0.1, -0.05) is 0 Å². The number of pyridine rings is 1. The molecule has 0 bridgehead atoms. The van der Waals surface area contributed by atoms with Gasteiger partial charge in [0, 0.05) is 44.4 Å². The number of rotatable bonds is 5. The van der Waals surface area contributed by atoms with E-state index in [-0.39, 0.29) is 5.91 Å². The lowest BCUT2D eigenvalue weighted by molar-refractivity contribution is 0.0954. The van der Waals surface area contributed by atoms with Crippen LogP contribution in [-0.4, -0.2) is 31.5 Å². The number of nitrogens with one attached hydrogen (secondary N) is 1. The van der Waals surface area contributed by atoms with Gasteiger partial charge in [-0.15, -0.1) is 0 Å². The highest BCUT2D eigenvalue weighted by atomic mass is 16.1. The van der Waals surface area contributed by atoms with Crippen molar-refractivity contribution in [3.05, 3.63) is 53.9 Å². The molecule has 0 saturated carbocycles. The Morgan fingerprint density at radius 3 is 2.62 bits per heavy atom. The summed E-state index contributed by atoms with van der Waals surface area (Å²) < 4.78 is 0. The molecule has 1 heterocycles. The molecule has 2 aromatic rings. The zero-order valence-electron chi connectivity index (χ0n) is 12.3. The number of hydrogen-bond acceptors (Lipinski definition) is 4. The molecule has 0 fully saturated rings. The van der Waals surface area contributed by atoms with Crippen LogP contribution in [0.3, 0.4) is 0 Å². The third-order valence-electron chi connectivity index (χ3n) is 3.20. The first-order chi connectivity index (χ1) is 10.1. The summed E-state index contributed by atoms with van der Waals surface area (Å²) in [6, 6.07) is 9.24. The van der Waals surface area contributed by atoms with Crippen molar-refractivity contribution in [3.63, 3.8) is 0 Å². The van der Waals surface area contributed by atoms with E-state index in [0.717, 1.165) is 17.7 Å². The highest BCUT2D eigenvalue weighted by molar-refractivity contribution is 6.00. The van der Waals surface area contributed by atoms with E-state index in [1.807, 2.05) is 37.2 Å². The van der Waals surface area contributed by atoms with Crippen molar-refractivity contribution in [1.29, 1.82) is 0 Å². The van der Waals surface area contributed by atoms with Crippen molar-refractivity contribution in [1.82, 2.24) is 10.3 Å². The molecular weight excluding hydrogens is 264 g/mol. The summed E-state index contributed by atoms with van der Waals surface area (Å²) in [5.74, 6) is -0.111. The Labute approximate surface area is 124 Å². The predicted molar refractivity (Wildman–Crippen MR) is 85.5 cm³/mol. The van der Waals surface area contributed by atoms with Crippen molar-refractivity contribution in [2.75, 3.05) is 31.3 Å². The monoisotopic (exact) mass is 284 g/mol. The second kappa shape index (κ2) is 6.74. The number of benzene rings is 1. The molecule has 0 saturated heterocycles. The lowest BCUT2D eigenvalue weighted by Gasteiger charge is -2.17. The second-order valence-corrected chi connectivity index (χ2v) is 5.03. The standard InChI is InChI=1S/C16H20N4O/c1-20(2)15-4-3-13(17)11-14(15)16(21)19-10-7-12-5-8-18-9-6-12/h3-6,8-9,11H,7,10,17H2,1-2H3,(H,19,21). The number of carbonyl (C=O) groups is 1. The zero-order chi connectivity index (χ0) is 15.2. The Hall–Kier alpha value is -2.56. The van der Waals surface area contributed by atoms with E-state index < -0.39 is 0 Å². The Bertz CT molecular complexity index is 611. The van der Waals surface area contributed by atoms with Gasteiger partial charge in [0.1, 0.15) is 0 Å². The maximum Gasteiger partial charge on any atom is 0.253 e. The summed E-state index contributed by atoms with van der Waals surface area (Å²) in [5, 5.41) is 2.93. The lowest BCUT2D eigenvalue weighted by Crippen LogP contribution is -2.27. The van der Waals surface area contributed by atoms with Crippen molar-refractivity contribution >= 4 is 17.3 Å². The summed E-state index contributed by atoms with van der Waals surface area (Å²) in [6.07, 6.45) is 4.27. The minimum Gasteiger partial charge on any atom is -0.399 e. The molecule has 21 heavy (non-hydrogen) atoms. The van der Waals surface area contributed by atoms with Gasteiger partial charge < -0.3 is 16.0 Å². The number of carbonyl (C=O) groups excluding carboxylic acids is 1. The Morgan fingerprint density at radius 1 is 1.24 bits per heavy atom. The normalized spacial score (nSPS) is 10.2. The van der Waals surface area contributed by atoms with Crippen molar-refractivity contribution in [3.8, 4) is 0 Å². The van der Waals surface area contributed by atoms with E-state index in [0.29, 0.717) is 17.8 Å². The molecule has 2 rings (SSSR count). The van der Waals surface area contributed by atoms with Crippen LogP contribution in [0.25, 0.3) is 0 Å². The molecule has 110 valence electrons. The fourth-order valence-electron chi connectivity index (χ4n) is 2.09. The summed E-state index contributed by atoms with van der Waals surface area (Å²) in [5.41, 5.74) is 8.95. The molecule has 5 heteroatoms. The molecule has 1 aromatic heterocycles. The fraction of sp³-hybridized carbons (Fsp3) is 0.250. The molecule has 0 spiro atoms. The SMILES string of the molecule is CN(C)c1ccc(N)cc1C(=O)NCCc1ccncc1. The summed E-state index contributed by atoms with van der Waals surface area (Å²) in [6.45, 7) is 0.574. The molecule has 0 aliphatic heterocycles. The number of nitrogen functional groups attached to an aromatic ring is 1.